The molecule has 1 fully saturated rings. The van der Waals surface area contributed by atoms with Crippen LogP contribution in [0.25, 0.3) is 0 Å². The predicted molar refractivity (Wildman–Crippen MR) is 65.5 cm³/mol. The summed E-state index contributed by atoms with van der Waals surface area (Å²) in [5, 5.41) is 6.89. The maximum Gasteiger partial charge on any atom is 0.142 e. The van der Waals surface area contributed by atoms with E-state index in [9.17, 15) is 0 Å². The molecule has 0 amide bonds. The average molecular weight is 224 g/mol. The van der Waals surface area contributed by atoms with Crippen LogP contribution in [-0.4, -0.2) is 24.4 Å². The van der Waals surface area contributed by atoms with Gasteiger partial charge in [0.15, 0.2) is 0 Å². The summed E-state index contributed by atoms with van der Waals surface area (Å²) in [7, 11) is 1.69. The zero-order valence-electron chi connectivity index (χ0n) is 9.04. The number of para-hydroxylation sites is 2. The lowest BCUT2D eigenvalue weighted by molar-refractivity contribution is 0.415. The fourth-order valence-electron chi connectivity index (χ4n) is 1.68. The van der Waals surface area contributed by atoms with Gasteiger partial charge in [0.05, 0.1) is 12.8 Å². The third-order valence-corrected chi connectivity index (χ3v) is 3.67. The Morgan fingerprint density at radius 3 is 2.93 bits per heavy atom. The molecule has 0 radical (unpaired) electrons. The van der Waals surface area contributed by atoms with Crippen LogP contribution in [0.2, 0.25) is 0 Å². The van der Waals surface area contributed by atoms with Crippen LogP contribution >= 0.6 is 11.8 Å². The van der Waals surface area contributed by atoms with Gasteiger partial charge in [0.1, 0.15) is 10.7 Å². The molecule has 0 aliphatic carbocycles. The van der Waals surface area contributed by atoms with Crippen LogP contribution in [-0.2, 0) is 0 Å². The van der Waals surface area contributed by atoms with Crippen molar-refractivity contribution in [3.63, 3.8) is 0 Å². The second kappa shape index (κ2) is 4.33. The first-order chi connectivity index (χ1) is 7.23. The predicted octanol–water partition coefficient (Wildman–Crippen LogP) is 2.12. The van der Waals surface area contributed by atoms with Crippen LogP contribution in [0, 0.1) is 0 Å². The number of hydrogen-bond donors (Lipinski definition) is 2. The van der Waals surface area contributed by atoms with Gasteiger partial charge in [-0.3, -0.25) is 5.32 Å². The van der Waals surface area contributed by atoms with Gasteiger partial charge >= 0.3 is 0 Å². The summed E-state index contributed by atoms with van der Waals surface area (Å²) >= 11 is 1.88. The van der Waals surface area contributed by atoms with E-state index in [0.717, 1.165) is 23.7 Å². The SMILES string of the molecule is COc1ccccc1NC1(C)NCCS1. The third kappa shape index (κ3) is 2.38. The number of anilines is 1. The molecule has 1 aromatic carbocycles. The van der Waals surface area contributed by atoms with Crippen LogP contribution in [0.5, 0.6) is 5.75 Å². The molecule has 1 aliphatic heterocycles. The topological polar surface area (TPSA) is 33.3 Å². The number of ether oxygens (including phenoxy) is 1. The zero-order chi connectivity index (χ0) is 10.7. The summed E-state index contributed by atoms with van der Waals surface area (Å²) in [5.41, 5.74) is 1.03. The molecular formula is C11H16N2OS. The third-order valence-electron chi connectivity index (χ3n) is 2.44. The highest BCUT2D eigenvalue weighted by atomic mass is 32.2. The van der Waals surface area contributed by atoms with Gasteiger partial charge in [-0.15, -0.1) is 11.8 Å². The van der Waals surface area contributed by atoms with E-state index in [1.165, 1.54) is 0 Å². The van der Waals surface area contributed by atoms with Gasteiger partial charge in [0.25, 0.3) is 0 Å². The van der Waals surface area contributed by atoms with E-state index in [-0.39, 0.29) is 4.99 Å². The molecule has 1 heterocycles. The van der Waals surface area contributed by atoms with Crippen molar-refractivity contribution in [2.45, 2.75) is 11.9 Å². The molecule has 82 valence electrons. The van der Waals surface area contributed by atoms with Crippen LogP contribution in [0.1, 0.15) is 6.92 Å². The molecular weight excluding hydrogens is 208 g/mol. The number of methoxy groups -OCH3 is 1. The van der Waals surface area contributed by atoms with Gasteiger partial charge < -0.3 is 10.1 Å². The lowest BCUT2D eigenvalue weighted by Gasteiger charge is -2.27. The standard InChI is InChI=1S/C11H16N2OS/c1-11(12-7-8-15-11)13-9-5-3-4-6-10(9)14-2/h3-6,12-13H,7-8H2,1-2H3. The van der Waals surface area contributed by atoms with Crippen LogP contribution < -0.4 is 15.4 Å². The minimum atomic E-state index is -0.0748. The molecule has 15 heavy (non-hydrogen) atoms. The number of benzene rings is 1. The van der Waals surface area contributed by atoms with Crippen LogP contribution in [0.4, 0.5) is 5.69 Å². The van der Waals surface area contributed by atoms with E-state index in [2.05, 4.69) is 17.6 Å². The van der Waals surface area contributed by atoms with E-state index in [0.29, 0.717) is 0 Å². The molecule has 1 aliphatic rings. The lowest BCUT2D eigenvalue weighted by Crippen LogP contribution is -2.41. The van der Waals surface area contributed by atoms with Crippen molar-refractivity contribution in [1.29, 1.82) is 0 Å². The van der Waals surface area contributed by atoms with Crippen LogP contribution in [0.3, 0.4) is 0 Å². The molecule has 1 aromatic rings. The van der Waals surface area contributed by atoms with Gasteiger partial charge in [0.2, 0.25) is 0 Å². The van der Waals surface area contributed by atoms with E-state index in [1.54, 1.807) is 7.11 Å². The smallest absolute Gasteiger partial charge is 0.142 e. The summed E-state index contributed by atoms with van der Waals surface area (Å²) in [6.45, 7) is 3.19. The summed E-state index contributed by atoms with van der Waals surface area (Å²) in [6, 6.07) is 7.98. The Labute approximate surface area is 94.6 Å². The summed E-state index contributed by atoms with van der Waals surface area (Å²) < 4.78 is 5.30. The van der Waals surface area contributed by atoms with E-state index in [1.807, 2.05) is 36.0 Å². The molecule has 3 nitrogen and oxygen atoms in total. The van der Waals surface area contributed by atoms with E-state index in [4.69, 9.17) is 4.74 Å². The molecule has 1 unspecified atom stereocenters. The Morgan fingerprint density at radius 2 is 2.27 bits per heavy atom. The highest BCUT2D eigenvalue weighted by molar-refractivity contribution is 8.00. The highest BCUT2D eigenvalue weighted by Crippen LogP contribution is 2.32. The molecule has 0 aromatic heterocycles. The summed E-state index contributed by atoms with van der Waals surface area (Å²) in [4.78, 5) is -0.0748. The number of hydrogen-bond acceptors (Lipinski definition) is 4. The van der Waals surface area contributed by atoms with Crippen LogP contribution in [0.15, 0.2) is 24.3 Å². The quantitative estimate of drug-likeness (QED) is 0.824. The van der Waals surface area contributed by atoms with Crippen molar-refractivity contribution in [2.24, 2.45) is 0 Å². The van der Waals surface area contributed by atoms with Crippen molar-refractivity contribution in [1.82, 2.24) is 5.32 Å². The monoisotopic (exact) mass is 224 g/mol. The minimum Gasteiger partial charge on any atom is -0.495 e. The van der Waals surface area contributed by atoms with Crippen molar-refractivity contribution in [3.05, 3.63) is 24.3 Å². The Balaban J connectivity index is 2.16. The van der Waals surface area contributed by atoms with Gasteiger partial charge in [-0.1, -0.05) is 12.1 Å². The Morgan fingerprint density at radius 1 is 1.47 bits per heavy atom. The fraction of sp³-hybridized carbons (Fsp3) is 0.455. The molecule has 0 saturated carbocycles. The minimum absolute atomic E-state index is 0.0748. The van der Waals surface area contributed by atoms with Crippen molar-refractivity contribution in [3.8, 4) is 5.75 Å². The van der Waals surface area contributed by atoms with Gasteiger partial charge in [-0.05, 0) is 19.1 Å². The number of thioether (sulfide) groups is 1. The van der Waals surface area contributed by atoms with Crippen molar-refractivity contribution < 1.29 is 4.74 Å². The first-order valence-electron chi connectivity index (χ1n) is 5.04. The molecule has 0 spiro atoms. The molecule has 1 atom stereocenters. The van der Waals surface area contributed by atoms with Crippen molar-refractivity contribution in [2.75, 3.05) is 24.7 Å². The second-order valence-electron chi connectivity index (χ2n) is 3.63. The summed E-state index contributed by atoms with van der Waals surface area (Å²) in [5.74, 6) is 2.02. The van der Waals surface area contributed by atoms with Crippen molar-refractivity contribution >= 4 is 17.4 Å². The number of rotatable bonds is 3. The molecule has 2 rings (SSSR count). The zero-order valence-corrected chi connectivity index (χ0v) is 9.86. The van der Waals surface area contributed by atoms with E-state index >= 15 is 0 Å². The molecule has 0 bridgehead atoms. The normalized spacial score (nSPS) is 25.2. The maximum absolute atomic E-state index is 5.30. The highest BCUT2D eigenvalue weighted by Gasteiger charge is 2.29. The molecule has 1 saturated heterocycles. The first kappa shape index (κ1) is 10.6. The Kier molecular flexibility index (Phi) is 3.07. The first-order valence-corrected chi connectivity index (χ1v) is 6.02. The summed E-state index contributed by atoms with van der Waals surface area (Å²) in [6.07, 6.45) is 0. The lowest BCUT2D eigenvalue weighted by atomic mass is 10.3. The fourth-order valence-corrected chi connectivity index (χ4v) is 2.68. The molecule has 4 heteroatoms. The average Bonchev–Trinajstić information content (AvgIpc) is 2.66. The Hall–Kier alpha value is -0.870. The van der Waals surface area contributed by atoms with E-state index < -0.39 is 0 Å². The number of nitrogens with one attached hydrogen (secondary N) is 2. The Bertz CT molecular complexity index is 337. The molecule has 2 N–H and O–H groups in total. The second-order valence-corrected chi connectivity index (χ2v) is 5.15. The van der Waals surface area contributed by atoms with Gasteiger partial charge in [0, 0.05) is 12.3 Å². The largest absolute Gasteiger partial charge is 0.495 e. The van der Waals surface area contributed by atoms with Gasteiger partial charge in [-0.25, -0.2) is 0 Å². The van der Waals surface area contributed by atoms with Gasteiger partial charge in [-0.2, -0.15) is 0 Å². The maximum atomic E-state index is 5.30.